The third-order valence-corrected chi connectivity index (χ3v) is 2.67. The molecule has 0 saturated heterocycles. The highest BCUT2D eigenvalue weighted by Crippen LogP contribution is 2.27. The molecule has 17 heavy (non-hydrogen) atoms. The number of hydrogen-bond acceptors (Lipinski definition) is 2. The maximum atomic E-state index is 11.7. The highest BCUT2D eigenvalue weighted by Gasteiger charge is 2.38. The normalized spacial score (nSPS) is 13.8. The van der Waals surface area contributed by atoms with Crippen molar-refractivity contribution in [3.05, 3.63) is 24.2 Å². The van der Waals surface area contributed by atoms with Crippen LogP contribution in [0.1, 0.15) is 24.4 Å². The predicted molar refractivity (Wildman–Crippen MR) is 67.3 cm³/mol. The van der Waals surface area contributed by atoms with Crippen molar-refractivity contribution in [1.29, 1.82) is 0 Å². The van der Waals surface area contributed by atoms with Crippen LogP contribution in [-0.2, 0) is 0 Å². The maximum absolute atomic E-state index is 11.7. The van der Waals surface area contributed by atoms with Crippen LogP contribution >= 0.6 is 34.8 Å². The average molecular weight is 301 g/mol. The van der Waals surface area contributed by atoms with Gasteiger partial charge in [-0.1, -0.05) is 34.8 Å². The number of amides is 1. The zero-order valence-corrected chi connectivity index (χ0v) is 11.7. The molecule has 0 radical (unpaired) electrons. The number of halogens is 3. The molecule has 0 aromatic carbocycles. The molecular formula is C10H14Cl3N2O2+. The second kappa shape index (κ2) is 5.96. The fraction of sp³-hybridized carbons (Fsp3) is 0.500. The van der Waals surface area contributed by atoms with Crippen LogP contribution < -0.4 is 10.6 Å². The Kier molecular flexibility index (Phi) is 5.13. The first-order valence-electron chi connectivity index (χ1n) is 5.06. The van der Waals surface area contributed by atoms with E-state index in [1.54, 1.807) is 17.4 Å². The number of carbonyl (C=O) groups is 1. The Morgan fingerprint density at radius 2 is 2.12 bits per heavy atom. The minimum Gasteiger partial charge on any atom is -0.459 e. The van der Waals surface area contributed by atoms with Crippen molar-refractivity contribution in [1.82, 2.24) is 5.32 Å². The number of hydrogen-bond donors (Lipinski definition) is 2. The number of alkyl halides is 3. The molecule has 0 aliphatic heterocycles. The molecule has 0 saturated carbocycles. The third-order valence-electron chi connectivity index (χ3n) is 1.96. The van der Waals surface area contributed by atoms with Gasteiger partial charge in [-0.15, -0.1) is 0 Å². The van der Waals surface area contributed by atoms with Crippen LogP contribution in [0.5, 0.6) is 0 Å². The van der Waals surface area contributed by atoms with E-state index in [0.717, 1.165) is 0 Å². The summed E-state index contributed by atoms with van der Waals surface area (Å²) in [5, 5.41) is 4.36. The van der Waals surface area contributed by atoms with Gasteiger partial charge in [0.05, 0.1) is 12.3 Å². The van der Waals surface area contributed by atoms with Crippen LogP contribution in [-0.4, -0.2) is 21.9 Å². The van der Waals surface area contributed by atoms with Gasteiger partial charge in [0.1, 0.15) is 0 Å². The zero-order valence-electron chi connectivity index (χ0n) is 9.41. The molecule has 0 fully saturated rings. The van der Waals surface area contributed by atoms with Crippen LogP contribution in [0.25, 0.3) is 0 Å². The summed E-state index contributed by atoms with van der Waals surface area (Å²) in [5.74, 6) is -0.232. The Balaban J connectivity index is 2.70. The molecule has 1 unspecified atom stereocenters. The molecular weight excluding hydrogens is 286 g/mol. The lowest BCUT2D eigenvalue weighted by Gasteiger charge is -2.24. The van der Waals surface area contributed by atoms with Gasteiger partial charge in [0, 0.05) is 0 Å². The molecule has 4 nitrogen and oxygen atoms in total. The molecule has 0 aliphatic rings. The molecule has 3 N–H and O–H groups in total. The Bertz CT molecular complexity index is 360. The number of carbonyl (C=O) groups excluding carboxylic acids is 1. The first kappa shape index (κ1) is 14.6. The quantitative estimate of drug-likeness (QED) is 0.656. The Hall–Kier alpha value is -0.420. The van der Waals surface area contributed by atoms with E-state index in [4.69, 9.17) is 39.2 Å². The van der Waals surface area contributed by atoms with Crippen molar-refractivity contribution in [3.8, 4) is 0 Å². The van der Waals surface area contributed by atoms with E-state index in [1.807, 2.05) is 13.8 Å². The molecule has 0 aliphatic carbocycles. The van der Waals surface area contributed by atoms with Crippen LogP contribution in [0.3, 0.4) is 0 Å². The third kappa shape index (κ3) is 4.76. The highest BCUT2D eigenvalue weighted by molar-refractivity contribution is 6.68. The lowest BCUT2D eigenvalue weighted by molar-refractivity contribution is -0.717. The lowest BCUT2D eigenvalue weighted by Crippen LogP contribution is -2.99. The summed E-state index contributed by atoms with van der Waals surface area (Å²) >= 11 is 17.4. The van der Waals surface area contributed by atoms with Crippen LogP contribution in [0.4, 0.5) is 0 Å². The van der Waals surface area contributed by atoms with Crippen LogP contribution in [0.15, 0.2) is 22.8 Å². The summed E-state index contributed by atoms with van der Waals surface area (Å²) in [7, 11) is 0. The number of furan rings is 1. The van der Waals surface area contributed by atoms with Crippen molar-refractivity contribution in [3.63, 3.8) is 0 Å². The SMILES string of the molecule is CC(C)[NH2+]C(NC(=O)c1ccco1)C(Cl)(Cl)Cl. The topological polar surface area (TPSA) is 58.9 Å². The first-order valence-corrected chi connectivity index (χ1v) is 6.20. The second-order valence-corrected chi connectivity index (χ2v) is 6.28. The Morgan fingerprint density at radius 3 is 2.53 bits per heavy atom. The Morgan fingerprint density at radius 1 is 1.47 bits per heavy atom. The van der Waals surface area contributed by atoms with Crippen LogP contribution in [0, 0.1) is 0 Å². The Labute approximate surface area is 115 Å². The van der Waals surface area contributed by atoms with E-state index >= 15 is 0 Å². The molecule has 1 aromatic rings. The highest BCUT2D eigenvalue weighted by atomic mass is 35.6. The molecule has 7 heteroatoms. The summed E-state index contributed by atoms with van der Waals surface area (Å²) in [5.41, 5.74) is 0. The van der Waals surface area contributed by atoms with Crippen molar-refractivity contribution in [2.75, 3.05) is 0 Å². The van der Waals surface area contributed by atoms with E-state index in [2.05, 4.69) is 5.32 Å². The first-order chi connectivity index (χ1) is 7.80. The predicted octanol–water partition coefficient (Wildman–Crippen LogP) is 1.68. The minimum absolute atomic E-state index is 0.174. The minimum atomic E-state index is -1.59. The lowest BCUT2D eigenvalue weighted by atomic mass is 10.3. The van der Waals surface area contributed by atoms with Gasteiger partial charge in [-0.2, -0.15) is 0 Å². The van der Waals surface area contributed by atoms with E-state index in [-0.39, 0.29) is 11.8 Å². The monoisotopic (exact) mass is 299 g/mol. The number of rotatable bonds is 4. The standard InChI is InChI=1S/C10H13Cl3N2O2/c1-6(2)14-9(10(11,12)13)15-8(16)7-4-3-5-17-7/h3-6,9,14H,1-2H3,(H,15,16)/p+1. The van der Waals surface area contributed by atoms with Gasteiger partial charge in [0.2, 0.25) is 6.17 Å². The molecule has 96 valence electrons. The second-order valence-electron chi connectivity index (χ2n) is 3.91. The summed E-state index contributed by atoms with van der Waals surface area (Å²) in [4.78, 5) is 11.7. The smallest absolute Gasteiger partial charge is 0.291 e. The molecule has 0 bridgehead atoms. The van der Waals surface area contributed by atoms with E-state index in [0.29, 0.717) is 0 Å². The van der Waals surface area contributed by atoms with Gasteiger partial charge in [0.25, 0.3) is 9.70 Å². The average Bonchev–Trinajstić information content (AvgIpc) is 2.66. The molecule has 1 rings (SSSR count). The van der Waals surface area contributed by atoms with E-state index < -0.39 is 15.9 Å². The number of nitrogens with two attached hydrogens (primary N) is 1. The van der Waals surface area contributed by atoms with Gasteiger partial charge in [-0.05, 0) is 26.0 Å². The largest absolute Gasteiger partial charge is 0.459 e. The van der Waals surface area contributed by atoms with E-state index in [1.165, 1.54) is 6.26 Å². The van der Waals surface area contributed by atoms with Crippen LogP contribution in [0.2, 0.25) is 0 Å². The van der Waals surface area contributed by atoms with Gasteiger partial charge in [-0.3, -0.25) is 10.1 Å². The summed E-state index contributed by atoms with van der Waals surface area (Å²) in [6.45, 7) is 3.87. The zero-order chi connectivity index (χ0) is 13.1. The van der Waals surface area contributed by atoms with Gasteiger partial charge in [-0.25, -0.2) is 0 Å². The molecule has 0 spiro atoms. The van der Waals surface area contributed by atoms with Crippen molar-refractivity contribution in [2.24, 2.45) is 0 Å². The van der Waals surface area contributed by atoms with Crippen molar-refractivity contribution < 1.29 is 14.5 Å². The van der Waals surface area contributed by atoms with Crippen molar-refractivity contribution >= 4 is 40.7 Å². The molecule has 1 aromatic heterocycles. The van der Waals surface area contributed by atoms with Gasteiger partial charge in [0.15, 0.2) is 5.76 Å². The summed E-state index contributed by atoms with van der Waals surface area (Å²) in [6.07, 6.45) is 0.732. The number of nitrogens with one attached hydrogen (secondary N) is 1. The van der Waals surface area contributed by atoms with Gasteiger partial charge >= 0.3 is 0 Å². The van der Waals surface area contributed by atoms with Crippen molar-refractivity contribution in [2.45, 2.75) is 29.8 Å². The van der Waals surface area contributed by atoms with E-state index in [9.17, 15) is 4.79 Å². The molecule has 1 heterocycles. The molecule has 1 amide bonds. The summed E-state index contributed by atoms with van der Waals surface area (Å²) in [6, 6.07) is 3.33. The van der Waals surface area contributed by atoms with Gasteiger partial charge < -0.3 is 9.73 Å². The maximum Gasteiger partial charge on any atom is 0.291 e. The summed E-state index contributed by atoms with van der Waals surface area (Å²) < 4.78 is 3.37. The fourth-order valence-corrected chi connectivity index (χ4v) is 1.63. The number of quaternary nitrogens is 1. The molecule has 1 atom stereocenters. The fourth-order valence-electron chi connectivity index (χ4n) is 1.24.